The van der Waals surface area contributed by atoms with E-state index in [9.17, 15) is 4.79 Å². The van der Waals surface area contributed by atoms with Crippen molar-refractivity contribution in [2.24, 2.45) is 0 Å². The Morgan fingerprint density at radius 1 is 1.43 bits per heavy atom. The number of esters is 1. The highest BCUT2D eigenvalue weighted by atomic mass is 32.1. The maximum Gasteiger partial charge on any atom is 0.357 e. The summed E-state index contributed by atoms with van der Waals surface area (Å²) in [5.41, 5.74) is 1.53. The van der Waals surface area contributed by atoms with E-state index in [0.29, 0.717) is 12.3 Å². The average molecular weight is 304 g/mol. The highest BCUT2D eigenvalue weighted by molar-refractivity contribution is 7.15. The molecule has 0 bridgehead atoms. The Balaban J connectivity index is 1.89. The van der Waals surface area contributed by atoms with E-state index >= 15 is 0 Å². The van der Waals surface area contributed by atoms with Gasteiger partial charge in [-0.05, 0) is 13.0 Å². The van der Waals surface area contributed by atoms with Gasteiger partial charge in [-0.3, -0.25) is 0 Å². The number of benzene rings is 1. The molecule has 2 heterocycles. The summed E-state index contributed by atoms with van der Waals surface area (Å²) in [5, 5.41) is 0.827. The van der Waals surface area contributed by atoms with Crippen LogP contribution < -0.4 is 9.64 Å². The second kappa shape index (κ2) is 5.73. The van der Waals surface area contributed by atoms with Gasteiger partial charge in [-0.1, -0.05) is 18.2 Å². The molecule has 0 spiro atoms. The summed E-state index contributed by atoms with van der Waals surface area (Å²) in [5.74, 6) is 0.531. The fourth-order valence-electron chi connectivity index (χ4n) is 2.29. The standard InChI is InChI=1S/C15H16N2O3S/c1-10-13(14(18)19-2)16-15(21-10)17-7-8-20-12-6-4-3-5-11(12)9-17/h3-6H,7-9H2,1-2H3. The quantitative estimate of drug-likeness (QED) is 0.798. The van der Waals surface area contributed by atoms with Gasteiger partial charge in [0.15, 0.2) is 10.8 Å². The van der Waals surface area contributed by atoms with Crippen LogP contribution in [0.25, 0.3) is 0 Å². The maximum absolute atomic E-state index is 11.7. The minimum atomic E-state index is -0.388. The third-order valence-electron chi connectivity index (χ3n) is 3.39. The Hall–Kier alpha value is -2.08. The maximum atomic E-state index is 11.7. The number of hydrogen-bond donors (Lipinski definition) is 0. The SMILES string of the molecule is COC(=O)c1nc(N2CCOc3ccccc3C2)sc1C. The summed E-state index contributed by atoms with van der Waals surface area (Å²) >= 11 is 1.51. The molecule has 2 aromatic rings. The number of rotatable bonds is 2. The molecule has 0 saturated carbocycles. The average Bonchev–Trinajstić information content (AvgIpc) is 2.76. The number of anilines is 1. The summed E-state index contributed by atoms with van der Waals surface area (Å²) in [6, 6.07) is 8.00. The number of methoxy groups -OCH3 is 1. The minimum Gasteiger partial charge on any atom is -0.491 e. The molecule has 0 N–H and O–H groups in total. The Morgan fingerprint density at radius 3 is 3.05 bits per heavy atom. The lowest BCUT2D eigenvalue weighted by molar-refractivity contribution is 0.0594. The molecule has 3 rings (SSSR count). The molecule has 0 radical (unpaired) electrons. The zero-order valence-corrected chi connectivity index (χ0v) is 12.8. The molecule has 1 aliphatic heterocycles. The number of carbonyl (C=O) groups is 1. The van der Waals surface area contributed by atoms with E-state index in [1.54, 1.807) is 0 Å². The van der Waals surface area contributed by atoms with Crippen LogP contribution in [0.2, 0.25) is 0 Å². The van der Waals surface area contributed by atoms with Crippen molar-refractivity contribution in [2.75, 3.05) is 25.2 Å². The van der Waals surface area contributed by atoms with Gasteiger partial charge in [0.25, 0.3) is 0 Å². The van der Waals surface area contributed by atoms with E-state index < -0.39 is 0 Å². The molecule has 1 aromatic carbocycles. The van der Waals surface area contributed by atoms with Crippen molar-refractivity contribution >= 4 is 22.4 Å². The molecule has 0 fully saturated rings. The van der Waals surface area contributed by atoms with Gasteiger partial charge in [0.1, 0.15) is 12.4 Å². The van der Waals surface area contributed by atoms with Crippen LogP contribution in [0.3, 0.4) is 0 Å². The second-order valence-corrected chi connectivity index (χ2v) is 5.95. The van der Waals surface area contributed by atoms with Crippen molar-refractivity contribution in [3.8, 4) is 5.75 Å². The second-order valence-electron chi connectivity index (χ2n) is 4.77. The number of para-hydroxylation sites is 1. The zero-order chi connectivity index (χ0) is 14.8. The summed E-state index contributed by atoms with van der Waals surface area (Å²) in [6.07, 6.45) is 0. The van der Waals surface area contributed by atoms with Gasteiger partial charge in [0.2, 0.25) is 0 Å². The Labute approximate surface area is 127 Å². The minimum absolute atomic E-state index is 0.388. The molecule has 0 saturated heterocycles. The molecule has 0 aliphatic carbocycles. The fourth-order valence-corrected chi connectivity index (χ4v) is 3.21. The summed E-state index contributed by atoms with van der Waals surface area (Å²) in [4.78, 5) is 19.1. The van der Waals surface area contributed by atoms with Crippen molar-refractivity contribution in [3.63, 3.8) is 0 Å². The Morgan fingerprint density at radius 2 is 2.24 bits per heavy atom. The molecule has 6 heteroatoms. The number of aromatic nitrogens is 1. The molecule has 21 heavy (non-hydrogen) atoms. The first-order valence-electron chi connectivity index (χ1n) is 6.70. The van der Waals surface area contributed by atoms with Crippen molar-refractivity contribution in [3.05, 3.63) is 40.4 Å². The first-order valence-corrected chi connectivity index (χ1v) is 7.52. The molecule has 1 aliphatic rings. The number of ether oxygens (including phenoxy) is 2. The highest BCUT2D eigenvalue weighted by Crippen LogP contribution is 2.30. The van der Waals surface area contributed by atoms with Crippen LogP contribution in [0.5, 0.6) is 5.75 Å². The van der Waals surface area contributed by atoms with Gasteiger partial charge in [-0.25, -0.2) is 9.78 Å². The topological polar surface area (TPSA) is 51.7 Å². The van der Waals surface area contributed by atoms with Crippen molar-refractivity contribution in [2.45, 2.75) is 13.5 Å². The molecule has 0 unspecified atom stereocenters. The van der Waals surface area contributed by atoms with Gasteiger partial charge in [-0.15, -0.1) is 11.3 Å². The van der Waals surface area contributed by atoms with Gasteiger partial charge in [0, 0.05) is 17.0 Å². The van der Waals surface area contributed by atoms with Crippen LogP contribution >= 0.6 is 11.3 Å². The monoisotopic (exact) mass is 304 g/mol. The largest absolute Gasteiger partial charge is 0.491 e. The van der Waals surface area contributed by atoms with E-state index in [0.717, 1.165) is 34.4 Å². The Bertz CT molecular complexity index is 669. The van der Waals surface area contributed by atoms with Gasteiger partial charge in [0.05, 0.1) is 13.7 Å². The summed E-state index contributed by atoms with van der Waals surface area (Å²) in [6.45, 7) is 3.95. The van der Waals surface area contributed by atoms with Crippen LogP contribution in [0, 0.1) is 6.92 Å². The number of thiazole rings is 1. The van der Waals surface area contributed by atoms with Crippen LogP contribution in [-0.2, 0) is 11.3 Å². The number of aryl methyl sites for hydroxylation is 1. The fraction of sp³-hybridized carbons (Fsp3) is 0.333. The number of hydrogen-bond acceptors (Lipinski definition) is 6. The van der Waals surface area contributed by atoms with Crippen LogP contribution in [-0.4, -0.2) is 31.2 Å². The third kappa shape index (κ3) is 2.71. The lowest BCUT2D eigenvalue weighted by atomic mass is 10.2. The molecule has 5 nitrogen and oxygen atoms in total. The van der Waals surface area contributed by atoms with Gasteiger partial charge < -0.3 is 14.4 Å². The van der Waals surface area contributed by atoms with E-state index in [2.05, 4.69) is 16.0 Å². The van der Waals surface area contributed by atoms with Gasteiger partial charge >= 0.3 is 5.97 Å². The highest BCUT2D eigenvalue weighted by Gasteiger charge is 2.22. The van der Waals surface area contributed by atoms with Crippen molar-refractivity contribution in [1.82, 2.24) is 4.98 Å². The number of carbonyl (C=O) groups excluding carboxylic acids is 1. The lowest BCUT2D eigenvalue weighted by Crippen LogP contribution is -2.25. The van der Waals surface area contributed by atoms with Crippen molar-refractivity contribution < 1.29 is 14.3 Å². The van der Waals surface area contributed by atoms with Crippen LogP contribution in [0.1, 0.15) is 20.9 Å². The Kier molecular flexibility index (Phi) is 3.79. The lowest BCUT2D eigenvalue weighted by Gasteiger charge is -2.18. The predicted molar refractivity (Wildman–Crippen MR) is 81.2 cm³/mol. The van der Waals surface area contributed by atoms with E-state index in [-0.39, 0.29) is 5.97 Å². The van der Waals surface area contributed by atoms with E-state index in [1.807, 2.05) is 25.1 Å². The molecule has 0 atom stereocenters. The summed E-state index contributed by atoms with van der Waals surface area (Å²) < 4.78 is 10.5. The van der Waals surface area contributed by atoms with Crippen LogP contribution in [0.15, 0.2) is 24.3 Å². The first-order chi connectivity index (χ1) is 10.2. The number of fused-ring (bicyclic) bond motifs is 1. The normalized spacial score (nSPS) is 14.1. The van der Waals surface area contributed by atoms with Crippen LogP contribution in [0.4, 0.5) is 5.13 Å². The summed E-state index contributed by atoms with van der Waals surface area (Å²) in [7, 11) is 1.37. The molecular weight excluding hydrogens is 288 g/mol. The van der Waals surface area contributed by atoms with E-state index in [1.165, 1.54) is 18.4 Å². The smallest absolute Gasteiger partial charge is 0.357 e. The predicted octanol–water partition coefficient (Wildman–Crippen LogP) is 2.64. The zero-order valence-electron chi connectivity index (χ0n) is 12.0. The van der Waals surface area contributed by atoms with Crippen molar-refractivity contribution in [1.29, 1.82) is 0 Å². The molecule has 0 amide bonds. The third-order valence-corrected chi connectivity index (χ3v) is 4.42. The van der Waals surface area contributed by atoms with Gasteiger partial charge in [-0.2, -0.15) is 0 Å². The molecule has 1 aromatic heterocycles. The van der Waals surface area contributed by atoms with E-state index in [4.69, 9.17) is 9.47 Å². The molecule has 110 valence electrons. The number of nitrogens with zero attached hydrogens (tertiary/aromatic N) is 2. The first kappa shape index (κ1) is 13.9. The molecular formula is C15H16N2O3S.